The summed E-state index contributed by atoms with van der Waals surface area (Å²) in [5.41, 5.74) is 2.39. The van der Waals surface area contributed by atoms with Crippen LogP contribution in [0.5, 0.6) is 0 Å². The highest BCUT2D eigenvalue weighted by atomic mass is 16.5. The molecule has 1 heterocycles. The number of carbonyl (C=O) groups is 1. The number of nitrogens with zero attached hydrogens (tertiary/aromatic N) is 1. The van der Waals surface area contributed by atoms with Gasteiger partial charge in [0.05, 0.1) is 13.2 Å². The van der Waals surface area contributed by atoms with Gasteiger partial charge in [0, 0.05) is 25.0 Å². The second-order valence-electron chi connectivity index (χ2n) is 5.15. The quantitative estimate of drug-likeness (QED) is 0.833. The number of amides is 1. The van der Waals surface area contributed by atoms with Gasteiger partial charge in [0.15, 0.2) is 0 Å². The van der Waals surface area contributed by atoms with Gasteiger partial charge in [-0.25, -0.2) is 0 Å². The lowest BCUT2D eigenvalue weighted by atomic mass is 10.00. The van der Waals surface area contributed by atoms with Crippen molar-refractivity contribution in [3.8, 4) is 0 Å². The van der Waals surface area contributed by atoms with Gasteiger partial charge in [-0.05, 0) is 18.4 Å². The third kappa shape index (κ3) is 2.14. The summed E-state index contributed by atoms with van der Waals surface area (Å²) in [5, 5.41) is 0. The molecular formula is C16H19NO2. The summed E-state index contributed by atoms with van der Waals surface area (Å²) in [7, 11) is 1.73. The highest BCUT2D eigenvalue weighted by molar-refractivity contribution is 5.83. The standard InChI is InChI=1S/C16H19NO2/c1-19-14-10-9-13(17-11-5-8-15(17)18)16(14)12-6-3-2-4-7-12/h2-4,6-7,13H,5,8-11H2,1H3. The first-order valence-electron chi connectivity index (χ1n) is 6.93. The summed E-state index contributed by atoms with van der Waals surface area (Å²) < 4.78 is 5.54. The lowest BCUT2D eigenvalue weighted by Gasteiger charge is -2.26. The Labute approximate surface area is 113 Å². The molecule has 0 spiro atoms. The number of carbonyl (C=O) groups excluding carboxylic acids is 1. The van der Waals surface area contributed by atoms with Crippen molar-refractivity contribution >= 4 is 11.5 Å². The molecule has 1 unspecified atom stereocenters. The molecule has 0 radical (unpaired) electrons. The van der Waals surface area contributed by atoms with Crippen LogP contribution in [0, 0.1) is 0 Å². The minimum absolute atomic E-state index is 0.201. The SMILES string of the molecule is COC1=C(c2ccccc2)C(N2CCCC2=O)CC1. The van der Waals surface area contributed by atoms with Gasteiger partial charge in [-0.2, -0.15) is 0 Å². The predicted molar refractivity (Wildman–Crippen MR) is 74.3 cm³/mol. The van der Waals surface area contributed by atoms with Gasteiger partial charge < -0.3 is 9.64 Å². The minimum atomic E-state index is 0.201. The molecule has 1 aliphatic heterocycles. The topological polar surface area (TPSA) is 29.5 Å². The number of likely N-dealkylation sites (tertiary alicyclic amines) is 1. The van der Waals surface area contributed by atoms with Crippen LogP contribution >= 0.6 is 0 Å². The van der Waals surface area contributed by atoms with E-state index in [4.69, 9.17) is 4.74 Å². The van der Waals surface area contributed by atoms with Gasteiger partial charge in [0.1, 0.15) is 5.76 Å². The molecule has 2 aliphatic rings. The Hall–Kier alpha value is -1.77. The number of ether oxygens (including phenoxy) is 1. The Morgan fingerprint density at radius 3 is 2.63 bits per heavy atom. The number of hydrogen-bond acceptors (Lipinski definition) is 2. The van der Waals surface area contributed by atoms with E-state index in [0.29, 0.717) is 6.42 Å². The fraction of sp³-hybridized carbons (Fsp3) is 0.438. The summed E-state index contributed by atoms with van der Waals surface area (Å²) >= 11 is 0. The van der Waals surface area contributed by atoms with Crippen molar-refractivity contribution in [1.82, 2.24) is 4.90 Å². The van der Waals surface area contributed by atoms with Crippen molar-refractivity contribution in [2.24, 2.45) is 0 Å². The zero-order valence-corrected chi connectivity index (χ0v) is 11.3. The van der Waals surface area contributed by atoms with Crippen molar-refractivity contribution < 1.29 is 9.53 Å². The second-order valence-corrected chi connectivity index (χ2v) is 5.15. The van der Waals surface area contributed by atoms with Crippen molar-refractivity contribution in [3.63, 3.8) is 0 Å². The van der Waals surface area contributed by atoms with Gasteiger partial charge in [-0.3, -0.25) is 4.79 Å². The van der Waals surface area contributed by atoms with Gasteiger partial charge in [0.25, 0.3) is 0 Å². The van der Waals surface area contributed by atoms with E-state index in [2.05, 4.69) is 12.1 Å². The zero-order chi connectivity index (χ0) is 13.2. The normalized spacial score (nSPS) is 23.3. The summed E-state index contributed by atoms with van der Waals surface area (Å²) in [5.74, 6) is 1.33. The minimum Gasteiger partial charge on any atom is -0.501 e. The molecule has 3 heteroatoms. The van der Waals surface area contributed by atoms with E-state index in [-0.39, 0.29) is 11.9 Å². The molecule has 19 heavy (non-hydrogen) atoms. The maximum Gasteiger partial charge on any atom is 0.223 e. The van der Waals surface area contributed by atoms with Crippen LogP contribution in [0.25, 0.3) is 5.57 Å². The van der Waals surface area contributed by atoms with Crippen LogP contribution in [0.1, 0.15) is 31.2 Å². The molecule has 1 amide bonds. The van der Waals surface area contributed by atoms with Crippen molar-refractivity contribution in [2.45, 2.75) is 31.7 Å². The van der Waals surface area contributed by atoms with E-state index in [1.807, 2.05) is 23.1 Å². The van der Waals surface area contributed by atoms with Gasteiger partial charge in [-0.15, -0.1) is 0 Å². The van der Waals surface area contributed by atoms with Gasteiger partial charge >= 0.3 is 0 Å². The molecular weight excluding hydrogens is 238 g/mol. The molecule has 1 aromatic rings. The number of allylic oxidation sites excluding steroid dienone is 1. The lowest BCUT2D eigenvalue weighted by Crippen LogP contribution is -2.35. The number of rotatable bonds is 3. The Balaban J connectivity index is 1.98. The van der Waals surface area contributed by atoms with Crippen molar-refractivity contribution in [3.05, 3.63) is 41.7 Å². The van der Waals surface area contributed by atoms with E-state index in [1.54, 1.807) is 7.11 Å². The summed E-state index contributed by atoms with van der Waals surface area (Å²) in [4.78, 5) is 14.0. The highest BCUT2D eigenvalue weighted by Gasteiger charge is 2.36. The predicted octanol–water partition coefficient (Wildman–Crippen LogP) is 2.83. The lowest BCUT2D eigenvalue weighted by molar-refractivity contribution is -0.128. The van der Waals surface area contributed by atoms with Crippen LogP contribution in [0.2, 0.25) is 0 Å². The maximum atomic E-state index is 12.0. The first kappa shape index (κ1) is 12.3. The summed E-state index contributed by atoms with van der Waals surface area (Å²) in [6, 6.07) is 10.5. The number of methoxy groups -OCH3 is 1. The van der Waals surface area contributed by atoms with E-state index in [9.17, 15) is 4.79 Å². The van der Waals surface area contributed by atoms with E-state index in [0.717, 1.165) is 31.6 Å². The number of hydrogen-bond donors (Lipinski definition) is 0. The van der Waals surface area contributed by atoms with Crippen LogP contribution < -0.4 is 0 Å². The van der Waals surface area contributed by atoms with Crippen LogP contribution in [0.15, 0.2) is 36.1 Å². The fourth-order valence-corrected chi connectivity index (χ4v) is 3.23. The first-order chi connectivity index (χ1) is 9.31. The largest absolute Gasteiger partial charge is 0.501 e. The molecule has 1 aliphatic carbocycles. The smallest absolute Gasteiger partial charge is 0.223 e. The summed E-state index contributed by atoms with van der Waals surface area (Å²) in [6.45, 7) is 0.886. The number of benzene rings is 1. The second kappa shape index (κ2) is 5.08. The average molecular weight is 257 g/mol. The van der Waals surface area contributed by atoms with Crippen LogP contribution in [0.3, 0.4) is 0 Å². The molecule has 0 bridgehead atoms. The van der Waals surface area contributed by atoms with Crippen LogP contribution in [-0.4, -0.2) is 30.5 Å². The van der Waals surface area contributed by atoms with Crippen LogP contribution in [0.4, 0.5) is 0 Å². The molecule has 1 aromatic carbocycles. The van der Waals surface area contributed by atoms with Gasteiger partial charge in [0.2, 0.25) is 5.91 Å². The fourth-order valence-electron chi connectivity index (χ4n) is 3.23. The molecule has 3 rings (SSSR count). The molecule has 1 saturated heterocycles. The van der Waals surface area contributed by atoms with E-state index >= 15 is 0 Å². The Morgan fingerprint density at radius 2 is 2.00 bits per heavy atom. The third-order valence-electron chi connectivity index (χ3n) is 4.10. The molecule has 0 saturated carbocycles. The van der Waals surface area contributed by atoms with Crippen molar-refractivity contribution in [2.75, 3.05) is 13.7 Å². The Bertz CT molecular complexity index is 507. The van der Waals surface area contributed by atoms with E-state index < -0.39 is 0 Å². The molecule has 3 nitrogen and oxygen atoms in total. The molecule has 100 valence electrons. The Kier molecular flexibility index (Phi) is 3.28. The maximum absolute atomic E-state index is 12.0. The average Bonchev–Trinajstić information content (AvgIpc) is 3.05. The van der Waals surface area contributed by atoms with Gasteiger partial charge in [-0.1, -0.05) is 30.3 Å². The molecule has 1 atom stereocenters. The Morgan fingerprint density at radius 1 is 1.21 bits per heavy atom. The molecule has 0 N–H and O–H groups in total. The zero-order valence-electron chi connectivity index (χ0n) is 11.3. The van der Waals surface area contributed by atoms with E-state index in [1.165, 1.54) is 11.1 Å². The summed E-state index contributed by atoms with van der Waals surface area (Å²) in [6.07, 6.45) is 3.59. The molecule has 0 aromatic heterocycles. The first-order valence-corrected chi connectivity index (χ1v) is 6.93. The highest BCUT2D eigenvalue weighted by Crippen LogP contribution is 2.38. The van der Waals surface area contributed by atoms with Crippen LogP contribution in [-0.2, 0) is 9.53 Å². The molecule has 1 fully saturated rings. The third-order valence-corrected chi connectivity index (χ3v) is 4.10. The van der Waals surface area contributed by atoms with Crippen molar-refractivity contribution in [1.29, 1.82) is 0 Å². The monoisotopic (exact) mass is 257 g/mol.